The molecular weight excluding hydrogens is 284 g/mol. The summed E-state index contributed by atoms with van der Waals surface area (Å²) >= 11 is 3.30. The number of carbonyl (C=O) groups is 1. The summed E-state index contributed by atoms with van der Waals surface area (Å²) in [7, 11) is 0. The SMILES string of the molecule is C=CCN(CC(=O)O)c1cc(Br)ccc1C#N. The number of hydrogen-bond acceptors (Lipinski definition) is 3. The third-order valence-electron chi connectivity index (χ3n) is 2.10. The number of benzene rings is 1. The summed E-state index contributed by atoms with van der Waals surface area (Å²) in [5.74, 6) is -0.948. The van der Waals surface area contributed by atoms with Gasteiger partial charge in [-0.3, -0.25) is 4.79 Å². The lowest BCUT2D eigenvalue weighted by atomic mass is 10.1. The molecule has 0 saturated heterocycles. The summed E-state index contributed by atoms with van der Waals surface area (Å²) in [5, 5.41) is 17.8. The summed E-state index contributed by atoms with van der Waals surface area (Å²) in [5.41, 5.74) is 1.03. The van der Waals surface area contributed by atoms with Crippen LogP contribution in [-0.2, 0) is 4.79 Å². The molecule has 0 radical (unpaired) electrons. The number of halogens is 1. The molecule has 0 aliphatic rings. The van der Waals surface area contributed by atoms with Crippen LogP contribution in [0.1, 0.15) is 5.56 Å². The van der Waals surface area contributed by atoms with Crippen LogP contribution in [0, 0.1) is 11.3 Å². The third-order valence-corrected chi connectivity index (χ3v) is 2.59. The molecule has 0 fully saturated rings. The third kappa shape index (κ3) is 3.61. The Morgan fingerprint density at radius 3 is 2.88 bits per heavy atom. The Balaban J connectivity index is 3.16. The summed E-state index contributed by atoms with van der Waals surface area (Å²) in [6.07, 6.45) is 1.60. The number of aliphatic carboxylic acids is 1. The van der Waals surface area contributed by atoms with Crippen molar-refractivity contribution in [1.29, 1.82) is 5.26 Å². The molecule has 0 atom stereocenters. The van der Waals surface area contributed by atoms with E-state index in [1.165, 1.54) is 0 Å². The van der Waals surface area contributed by atoms with Crippen molar-refractivity contribution < 1.29 is 9.90 Å². The van der Waals surface area contributed by atoms with Gasteiger partial charge in [0.05, 0.1) is 11.3 Å². The molecule has 17 heavy (non-hydrogen) atoms. The van der Waals surface area contributed by atoms with Crippen molar-refractivity contribution in [2.45, 2.75) is 0 Å². The molecule has 88 valence electrons. The van der Waals surface area contributed by atoms with Gasteiger partial charge in [-0.05, 0) is 18.2 Å². The quantitative estimate of drug-likeness (QED) is 0.847. The van der Waals surface area contributed by atoms with Gasteiger partial charge in [-0.1, -0.05) is 22.0 Å². The zero-order valence-corrected chi connectivity index (χ0v) is 10.6. The zero-order chi connectivity index (χ0) is 12.8. The minimum absolute atomic E-state index is 0.169. The van der Waals surface area contributed by atoms with Crippen molar-refractivity contribution >= 4 is 27.6 Å². The number of carboxylic acid groups (broad SMARTS) is 1. The van der Waals surface area contributed by atoms with E-state index < -0.39 is 5.97 Å². The van der Waals surface area contributed by atoms with Crippen LogP contribution in [0.5, 0.6) is 0 Å². The molecule has 0 amide bonds. The van der Waals surface area contributed by atoms with Gasteiger partial charge >= 0.3 is 5.97 Å². The van der Waals surface area contributed by atoms with Gasteiger partial charge in [0, 0.05) is 11.0 Å². The molecule has 0 aliphatic carbocycles. The molecule has 0 unspecified atom stereocenters. The van der Waals surface area contributed by atoms with Crippen LogP contribution in [0.25, 0.3) is 0 Å². The fraction of sp³-hybridized carbons (Fsp3) is 0.167. The largest absolute Gasteiger partial charge is 0.480 e. The first-order valence-electron chi connectivity index (χ1n) is 4.85. The van der Waals surface area contributed by atoms with Crippen LogP contribution in [0.2, 0.25) is 0 Å². The number of nitrogens with zero attached hydrogens (tertiary/aromatic N) is 2. The number of rotatable bonds is 5. The molecule has 0 spiro atoms. The summed E-state index contributed by atoms with van der Waals surface area (Å²) in [4.78, 5) is 12.4. The van der Waals surface area contributed by atoms with Crippen LogP contribution in [0.4, 0.5) is 5.69 Å². The standard InChI is InChI=1S/C12H11BrN2O2/c1-2-5-15(8-12(16)17)11-6-10(13)4-3-9(11)7-14/h2-4,6H,1,5,8H2,(H,16,17). The van der Waals surface area contributed by atoms with Gasteiger partial charge in [-0.2, -0.15) is 5.26 Å². The van der Waals surface area contributed by atoms with Crippen LogP contribution < -0.4 is 4.90 Å². The van der Waals surface area contributed by atoms with Crippen LogP contribution in [0.3, 0.4) is 0 Å². The van der Waals surface area contributed by atoms with Crippen molar-refractivity contribution in [1.82, 2.24) is 0 Å². The first-order valence-corrected chi connectivity index (χ1v) is 5.65. The van der Waals surface area contributed by atoms with Crippen molar-refractivity contribution in [2.24, 2.45) is 0 Å². The Bertz CT molecular complexity index is 480. The van der Waals surface area contributed by atoms with Crippen LogP contribution in [-0.4, -0.2) is 24.2 Å². The van der Waals surface area contributed by atoms with E-state index in [0.29, 0.717) is 17.8 Å². The summed E-state index contributed by atoms with van der Waals surface area (Å²) < 4.78 is 0.797. The average molecular weight is 295 g/mol. The molecule has 1 aromatic rings. The van der Waals surface area contributed by atoms with E-state index in [0.717, 1.165) is 4.47 Å². The second-order valence-electron chi connectivity index (χ2n) is 3.34. The molecule has 0 saturated carbocycles. The highest BCUT2D eigenvalue weighted by Crippen LogP contribution is 2.24. The molecule has 1 rings (SSSR count). The van der Waals surface area contributed by atoms with Gasteiger partial charge < -0.3 is 10.0 Å². The van der Waals surface area contributed by atoms with E-state index in [1.54, 1.807) is 29.2 Å². The second-order valence-corrected chi connectivity index (χ2v) is 4.25. The highest BCUT2D eigenvalue weighted by atomic mass is 79.9. The molecular formula is C12H11BrN2O2. The minimum atomic E-state index is -0.948. The zero-order valence-electron chi connectivity index (χ0n) is 9.06. The van der Waals surface area contributed by atoms with Crippen molar-refractivity contribution in [2.75, 3.05) is 18.0 Å². The highest BCUT2D eigenvalue weighted by molar-refractivity contribution is 9.10. The van der Waals surface area contributed by atoms with Crippen molar-refractivity contribution in [3.8, 4) is 6.07 Å². The minimum Gasteiger partial charge on any atom is -0.480 e. The Labute approximate surface area is 108 Å². The lowest BCUT2D eigenvalue weighted by molar-refractivity contribution is -0.135. The maximum atomic E-state index is 10.8. The maximum Gasteiger partial charge on any atom is 0.323 e. The van der Waals surface area contributed by atoms with Crippen LogP contribution in [0.15, 0.2) is 35.3 Å². The number of carboxylic acids is 1. The maximum absolute atomic E-state index is 10.8. The van der Waals surface area contributed by atoms with Gasteiger partial charge in [-0.15, -0.1) is 6.58 Å². The van der Waals surface area contributed by atoms with Gasteiger partial charge in [0.2, 0.25) is 0 Å². The van der Waals surface area contributed by atoms with E-state index in [2.05, 4.69) is 22.5 Å². The highest BCUT2D eigenvalue weighted by Gasteiger charge is 2.13. The Morgan fingerprint density at radius 1 is 1.65 bits per heavy atom. The first-order chi connectivity index (χ1) is 8.08. The predicted molar refractivity (Wildman–Crippen MR) is 68.9 cm³/mol. The van der Waals surface area contributed by atoms with E-state index >= 15 is 0 Å². The molecule has 1 N–H and O–H groups in total. The Kier molecular flexibility index (Phi) is 4.73. The molecule has 0 aliphatic heterocycles. The van der Waals surface area contributed by atoms with Crippen LogP contribution >= 0.6 is 15.9 Å². The first kappa shape index (κ1) is 13.3. The monoisotopic (exact) mass is 294 g/mol. The van der Waals surface area contributed by atoms with E-state index in [9.17, 15) is 4.79 Å². The molecule has 5 heteroatoms. The Hall–Kier alpha value is -1.80. The fourth-order valence-electron chi connectivity index (χ4n) is 1.43. The average Bonchev–Trinajstić information content (AvgIpc) is 2.28. The lowest BCUT2D eigenvalue weighted by Crippen LogP contribution is -2.30. The summed E-state index contributed by atoms with van der Waals surface area (Å²) in [6, 6.07) is 7.17. The van der Waals surface area contributed by atoms with E-state index in [-0.39, 0.29) is 6.54 Å². The molecule has 0 bridgehead atoms. The topological polar surface area (TPSA) is 64.3 Å². The van der Waals surface area contributed by atoms with E-state index in [1.807, 2.05) is 6.07 Å². The van der Waals surface area contributed by atoms with Gasteiger partial charge in [0.25, 0.3) is 0 Å². The van der Waals surface area contributed by atoms with Crippen molar-refractivity contribution in [3.63, 3.8) is 0 Å². The van der Waals surface area contributed by atoms with Gasteiger partial charge in [0.1, 0.15) is 12.6 Å². The van der Waals surface area contributed by atoms with Gasteiger partial charge in [-0.25, -0.2) is 0 Å². The lowest BCUT2D eigenvalue weighted by Gasteiger charge is -2.22. The number of nitriles is 1. The molecule has 4 nitrogen and oxygen atoms in total. The van der Waals surface area contributed by atoms with Gasteiger partial charge in [0.15, 0.2) is 0 Å². The second kappa shape index (κ2) is 6.06. The molecule has 0 aromatic heterocycles. The van der Waals surface area contributed by atoms with E-state index in [4.69, 9.17) is 10.4 Å². The molecule has 0 heterocycles. The number of hydrogen-bond donors (Lipinski definition) is 1. The molecule has 1 aromatic carbocycles. The normalized spacial score (nSPS) is 9.41. The fourth-order valence-corrected chi connectivity index (χ4v) is 1.78. The smallest absolute Gasteiger partial charge is 0.323 e. The summed E-state index contributed by atoms with van der Waals surface area (Å²) in [6.45, 7) is 3.78. The number of anilines is 1. The predicted octanol–water partition coefficient (Wildman–Crippen LogP) is 2.40. The Morgan fingerprint density at radius 2 is 2.35 bits per heavy atom. The van der Waals surface area contributed by atoms with Crippen molar-refractivity contribution in [3.05, 3.63) is 40.9 Å².